The van der Waals surface area contributed by atoms with Gasteiger partial charge in [-0.2, -0.15) is 0 Å². The van der Waals surface area contributed by atoms with Gasteiger partial charge in [0, 0.05) is 0 Å². The van der Waals surface area contributed by atoms with Crippen LogP contribution in [0.25, 0.3) is 0 Å². The summed E-state index contributed by atoms with van der Waals surface area (Å²) in [5, 5.41) is 8.48. The number of hydrogen-bond acceptors (Lipinski definition) is 1. The van der Waals surface area contributed by atoms with E-state index in [1.807, 2.05) is 6.08 Å². The Hall–Kier alpha value is -1.83. The van der Waals surface area contributed by atoms with E-state index in [0.29, 0.717) is 0 Å². The zero-order chi connectivity index (χ0) is 18.4. The second kappa shape index (κ2) is 20.2. The van der Waals surface area contributed by atoms with Gasteiger partial charge in [-0.25, -0.2) is 0 Å². The van der Waals surface area contributed by atoms with Crippen molar-refractivity contribution in [3.63, 3.8) is 0 Å². The molecule has 0 aliphatic carbocycles. The van der Waals surface area contributed by atoms with E-state index in [9.17, 15) is 4.79 Å². The molecule has 0 unspecified atom stereocenters. The van der Waals surface area contributed by atoms with Crippen LogP contribution < -0.4 is 0 Å². The number of carbonyl (C=O) groups is 1. The van der Waals surface area contributed by atoms with Crippen molar-refractivity contribution in [3.05, 3.63) is 60.8 Å². The summed E-state index contributed by atoms with van der Waals surface area (Å²) in [4.78, 5) is 10.3. The molecule has 0 fully saturated rings. The van der Waals surface area contributed by atoms with Crippen molar-refractivity contribution in [2.45, 2.75) is 77.6 Å². The normalized spacial score (nSPS) is 12.7. The predicted molar refractivity (Wildman–Crippen MR) is 110 cm³/mol. The summed E-state index contributed by atoms with van der Waals surface area (Å²) in [6, 6.07) is 0. The van der Waals surface area contributed by atoms with E-state index in [-0.39, 0.29) is 6.42 Å². The number of carboxylic acids is 1. The van der Waals surface area contributed by atoms with Crippen molar-refractivity contribution in [3.8, 4) is 0 Å². The maximum Gasteiger partial charge on any atom is 0.307 e. The fourth-order valence-electron chi connectivity index (χ4n) is 2.25. The van der Waals surface area contributed by atoms with Crippen LogP contribution in [0.5, 0.6) is 0 Å². The molecule has 140 valence electrons. The smallest absolute Gasteiger partial charge is 0.307 e. The summed E-state index contributed by atoms with van der Waals surface area (Å²) in [5.74, 6) is -0.783. The van der Waals surface area contributed by atoms with Crippen molar-refractivity contribution in [2.24, 2.45) is 0 Å². The molecule has 2 nitrogen and oxygen atoms in total. The molecule has 0 heterocycles. The molecule has 2 heteroatoms. The standard InChI is InChI=1S/C23H36O2/c1-2-3-4-5-6-7-8-9-10-11-12-13-14-15-16-17-18-19-20-21-22-23(24)25/h8-9,11-12,14-15,17-18,20-21H,2-7,10,13,16,19,22H2,1H3,(H,24,25)/b9-8-,12-11-,15-14-,18-17-,21-20-. The average Bonchev–Trinajstić information content (AvgIpc) is 2.60. The Morgan fingerprint density at radius 1 is 0.640 bits per heavy atom. The lowest BCUT2D eigenvalue weighted by Gasteiger charge is -1.95. The summed E-state index contributed by atoms with van der Waals surface area (Å²) in [6.07, 6.45) is 32.9. The van der Waals surface area contributed by atoms with E-state index in [1.165, 1.54) is 38.5 Å². The topological polar surface area (TPSA) is 37.3 Å². The second-order valence-electron chi connectivity index (χ2n) is 6.10. The third kappa shape index (κ3) is 22.2. The first-order valence-electron chi connectivity index (χ1n) is 9.74. The van der Waals surface area contributed by atoms with E-state index < -0.39 is 5.97 Å². The molecule has 0 aromatic rings. The van der Waals surface area contributed by atoms with Crippen molar-refractivity contribution < 1.29 is 9.90 Å². The Morgan fingerprint density at radius 2 is 1.08 bits per heavy atom. The van der Waals surface area contributed by atoms with E-state index in [1.54, 1.807) is 6.08 Å². The molecule has 0 saturated heterocycles. The molecule has 0 bridgehead atoms. The van der Waals surface area contributed by atoms with Crippen LogP contribution in [0.4, 0.5) is 0 Å². The van der Waals surface area contributed by atoms with Crippen LogP contribution in [0.3, 0.4) is 0 Å². The molecule has 0 atom stereocenters. The lowest BCUT2D eigenvalue weighted by Crippen LogP contribution is -1.89. The number of hydrogen-bond donors (Lipinski definition) is 1. The lowest BCUT2D eigenvalue weighted by molar-refractivity contribution is -0.136. The van der Waals surface area contributed by atoms with Gasteiger partial charge in [0.2, 0.25) is 0 Å². The van der Waals surface area contributed by atoms with Gasteiger partial charge in [0.1, 0.15) is 0 Å². The lowest BCUT2D eigenvalue weighted by atomic mass is 10.1. The third-order valence-electron chi connectivity index (χ3n) is 3.69. The Balaban J connectivity index is 3.45. The Labute approximate surface area is 154 Å². The number of carboxylic acid groups (broad SMARTS) is 1. The van der Waals surface area contributed by atoms with Gasteiger partial charge in [-0.05, 0) is 38.5 Å². The molecule has 0 radical (unpaired) electrons. The van der Waals surface area contributed by atoms with Gasteiger partial charge >= 0.3 is 5.97 Å². The Kier molecular flexibility index (Phi) is 18.7. The number of unbranched alkanes of at least 4 members (excludes halogenated alkanes) is 5. The van der Waals surface area contributed by atoms with Crippen molar-refractivity contribution in [1.82, 2.24) is 0 Å². The van der Waals surface area contributed by atoms with E-state index in [0.717, 1.165) is 25.7 Å². The first-order chi connectivity index (χ1) is 12.3. The molecule has 0 rings (SSSR count). The number of allylic oxidation sites excluding steroid dienone is 9. The fraction of sp³-hybridized carbons (Fsp3) is 0.522. The predicted octanol–water partition coefficient (Wildman–Crippen LogP) is 7.16. The average molecular weight is 345 g/mol. The molecule has 0 amide bonds. The molecule has 0 spiro atoms. The summed E-state index contributed by atoms with van der Waals surface area (Å²) in [5.41, 5.74) is 0. The Bertz CT molecular complexity index is 439. The molecular weight excluding hydrogens is 308 g/mol. The zero-order valence-corrected chi connectivity index (χ0v) is 15.9. The molecule has 0 aromatic heterocycles. The SMILES string of the molecule is CCCCCCC/C=C\C/C=C\C/C=C\C/C=C\C/C=C\CC(=O)O. The highest BCUT2D eigenvalue weighted by atomic mass is 16.4. The highest BCUT2D eigenvalue weighted by Gasteiger charge is 1.87. The van der Waals surface area contributed by atoms with Gasteiger partial charge in [-0.15, -0.1) is 0 Å². The van der Waals surface area contributed by atoms with Crippen LogP contribution in [0.1, 0.15) is 77.6 Å². The van der Waals surface area contributed by atoms with Gasteiger partial charge in [0.05, 0.1) is 6.42 Å². The Morgan fingerprint density at radius 3 is 1.56 bits per heavy atom. The van der Waals surface area contributed by atoms with Crippen molar-refractivity contribution in [1.29, 1.82) is 0 Å². The fourth-order valence-corrected chi connectivity index (χ4v) is 2.25. The summed E-state index contributed by atoms with van der Waals surface area (Å²) >= 11 is 0. The summed E-state index contributed by atoms with van der Waals surface area (Å²) < 4.78 is 0. The molecule has 0 aliphatic heterocycles. The molecule has 25 heavy (non-hydrogen) atoms. The third-order valence-corrected chi connectivity index (χ3v) is 3.69. The minimum atomic E-state index is -0.783. The van der Waals surface area contributed by atoms with Gasteiger partial charge in [-0.3, -0.25) is 4.79 Å². The first-order valence-corrected chi connectivity index (χ1v) is 9.74. The van der Waals surface area contributed by atoms with E-state index in [4.69, 9.17) is 5.11 Å². The van der Waals surface area contributed by atoms with Crippen LogP contribution in [0.2, 0.25) is 0 Å². The molecule has 0 aromatic carbocycles. The highest BCUT2D eigenvalue weighted by Crippen LogP contribution is 2.05. The van der Waals surface area contributed by atoms with Crippen LogP contribution in [-0.2, 0) is 4.79 Å². The van der Waals surface area contributed by atoms with Crippen molar-refractivity contribution in [2.75, 3.05) is 0 Å². The van der Waals surface area contributed by atoms with Gasteiger partial charge < -0.3 is 5.11 Å². The maximum absolute atomic E-state index is 10.3. The number of aliphatic carboxylic acids is 1. The monoisotopic (exact) mass is 344 g/mol. The van der Waals surface area contributed by atoms with Crippen LogP contribution in [-0.4, -0.2) is 11.1 Å². The molecular formula is C23H36O2. The number of rotatable bonds is 16. The zero-order valence-electron chi connectivity index (χ0n) is 15.9. The van der Waals surface area contributed by atoms with E-state index >= 15 is 0 Å². The quantitative estimate of drug-likeness (QED) is 0.238. The summed E-state index contributed by atoms with van der Waals surface area (Å²) in [7, 11) is 0. The second-order valence-corrected chi connectivity index (χ2v) is 6.10. The van der Waals surface area contributed by atoms with Gasteiger partial charge in [0.15, 0.2) is 0 Å². The van der Waals surface area contributed by atoms with Crippen LogP contribution in [0, 0.1) is 0 Å². The highest BCUT2D eigenvalue weighted by molar-refractivity contribution is 5.68. The van der Waals surface area contributed by atoms with Gasteiger partial charge in [0.25, 0.3) is 0 Å². The summed E-state index contributed by atoms with van der Waals surface area (Å²) in [6.45, 7) is 2.25. The van der Waals surface area contributed by atoms with Crippen LogP contribution in [0.15, 0.2) is 60.8 Å². The largest absolute Gasteiger partial charge is 0.481 e. The first kappa shape index (κ1) is 23.2. The molecule has 0 aliphatic rings. The van der Waals surface area contributed by atoms with Crippen molar-refractivity contribution >= 4 is 5.97 Å². The van der Waals surface area contributed by atoms with Gasteiger partial charge in [-0.1, -0.05) is 93.4 Å². The molecule has 0 saturated carbocycles. The minimum Gasteiger partial charge on any atom is -0.481 e. The molecule has 1 N–H and O–H groups in total. The minimum absolute atomic E-state index is 0.105. The maximum atomic E-state index is 10.3. The van der Waals surface area contributed by atoms with E-state index in [2.05, 4.69) is 55.5 Å². The van der Waals surface area contributed by atoms with Crippen LogP contribution >= 0.6 is 0 Å².